The van der Waals surface area contributed by atoms with Crippen LogP contribution in [-0.2, 0) is 20.9 Å². The molecule has 0 bridgehead atoms. The Morgan fingerprint density at radius 2 is 1.84 bits per heavy atom. The van der Waals surface area contributed by atoms with Crippen LogP contribution in [0.1, 0.15) is 39.2 Å². The van der Waals surface area contributed by atoms with Gasteiger partial charge >= 0.3 is 11.9 Å². The van der Waals surface area contributed by atoms with E-state index < -0.39 is 11.9 Å². The maximum atomic E-state index is 12.3. The van der Waals surface area contributed by atoms with E-state index in [0.29, 0.717) is 27.5 Å². The van der Waals surface area contributed by atoms with Crippen molar-refractivity contribution in [2.75, 3.05) is 12.9 Å². The molecule has 0 atom stereocenters. The quantitative estimate of drug-likeness (QED) is 0.551. The number of ether oxygens (including phenoxy) is 2. The summed E-state index contributed by atoms with van der Waals surface area (Å²) in [6.07, 6.45) is 0. The molecule has 1 heterocycles. The van der Waals surface area contributed by atoms with E-state index >= 15 is 0 Å². The van der Waals surface area contributed by atoms with Crippen molar-refractivity contribution in [1.82, 2.24) is 0 Å². The van der Waals surface area contributed by atoms with Crippen LogP contribution in [0.3, 0.4) is 0 Å². The molecule has 1 aromatic carbocycles. The first-order chi connectivity index (χ1) is 11.9. The molecule has 0 saturated heterocycles. The van der Waals surface area contributed by atoms with Crippen molar-refractivity contribution < 1.29 is 28.3 Å². The molecule has 132 valence electrons. The number of benzene rings is 1. The van der Waals surface area contributed by atoms with E-state index in [1.54, 1.807) is 31.2 Å². The molecule has 1 aromatic heterocycles. The molecule has 0 unspecified atom stereocenters. The summed E-state index contributed by atoms with van der Waals surface area (Å²) in [5.41, 5.74) is 0.677. The maximum Gasteiger partial charge on any atom is 0.341 e. The summed E-state index contributed by atoms with van der Waals surface area (Å²) in [7, 11) is 1.28. The van der Waals surface area contributed by atoms with E-state index in [1.165, 1.54) is 31.9 Å². The summed E-state index contributed by atoms with van der Waals surface area (Å²) in [6, 6.07) is 8.40. The van der Waals surface area contributed by atoms with Gasteiger partial charge in [-0.1, -0.05) is 12.1 Å². The van der Waals surface area contributed by atoms with Gasteiger partial charge in [-0.25, -0.2) is 9.59 Å². The summed E-state index contributed by atoms with van der Waals surface area (Å²) in [4.78, 5) is 35.7. The lowest BCUT2D eigenvalue weighted by molar-refractivity contribution is -0.114. The molecule has 25 heavy (non-hydrogen) atoms. The number of furan rings is 1. The van der Waals surface area contributed by atoms with Gasteiger partial charge in [0.2, 0.25) is 0 Å². The Kier molecular flexibility index (Phi) is 6.41. The molecule has 0 radical (unpaired) electrons. The molecule has 0 fully saturated rings. The molecule has 0 amide bonds. The number of Topliss-reactive ketones (excluding diaryl/α,β-unsaturated/α-hetero) is 1. The number of hydrogen-bond acceptors (Lipinski definition) is 7. The van der Waals surface area contributed by atoms with Crippen molar-refractivity contribution in [2.24, 2.45) is 0 Å². The Balaban J connectivity index is 2.06. The minimum Gasteiger partial charge on any atom is -0.465 e. The number of methoxy groups -OCH3 is 1. The number of carbonyl (C=O) groups is 3. The highest BCUT2D eigenvalue weighted by atomic mass is 32.2. The summed E-state index contributed by atoms with van der Waals surface area (Å²) in [5.74, 6) is 0.0135. The Labute approximate surface area is 149 Å². The number of thioether (sulfide) groups is 1. The largest absolute Gasteiger partial charge is 0.465 e. The van der Waals surface area contributed by atoms with Crippen molar-refractivity contribution in [1.29, 1.82) is 0 Å². The van der Waals surface area contributed by atoms with Gasteiger partial charge in [0.25, 0.3) is 0 Å². The van der Waals surface area contributed by atoms with E-state index in [4.69, 9.17) is 9.15 Å². The summed E-state index contributed by atoms with van der Waals surface area (Å²) in [5, 5.41) is 0. The van der Waals surface area contributed by atoms with Crippen LogP contribution >= 0.6 is 11.8 Å². The number of esters is 2. The van der Waals surface area contributed by atoms with Gasteiger partial charge in [0.15, 0.2) is 0 Å². The molecule has 2 aromatic rings. The molecule has 7 heteroatoms. The predicted molar refractivity (Wildman–Crippen MR) is 91.8 cm³/mol. The third-order valence-corrected chi connectivity index (χ3v) is 4.48. The van der Waals surface area contributed by atoms with Gasteiger partial charge in [-0.3, -0.25) is 4.79 Å². The normalized spacial score (nSPS) is 10.4. The zero-order valence-corrected chi connectivity index (χ0v) is 15.0. The fourth-order valence-electron chi connectivity index (χ4n) is 2.08. The fraction of sp³-hybridized carbons (Fsp3) is 0.278. The molecular weight excluding hydrogens is 344 g/mol. The number of carbonyl (C=O) groups excluding carboxylic acids is 3. The average Bonchev–Trinajstić information content (AvgIpc) is 2.98. The van der Waals surface area contributed by atoms with Crippen LogP contribution in [0.4, 0.5) is 0 Å². The number of aryl methyl sites for hydroxylation is 1. The second-order valence-corrected chi connectivity index (χ2v) is 6.25. The first-order valence-corrected chi connectivity index (χ1v) is 8.47. The van der Waals surface area contributed by atoms with E-state index in [-0.39, 0.29) is 18.1 Å². The highest BCUT2D eigenvalue weighted by Gasteiger charge is 2.18. The zero-order chi connectivity index (χ0) is 18.4. The minimum atomic E-state index is -0.527. The monoisotopic (exact) mass is 362 g/mol. The second-order valence-electron chi connectivity index (χ2n) is 5.24. The van der Waals surface area contributed by atoms with Gasteiger partial charge in [-0.05, 0) is 32.0 Å². The molecular formula is C18H18O6S. The van der Waals surface area contributed by atoms with Crippen LogP contribution in [0.15, 0.2) is 39.6 Å². The highest BCUT2D eigenvalue weighted by Crippen LogP contribution is 2.24. The van der Waals surface area contributed by atoms with E-state index in [9.17, 15) is 14.4 Å². The molecule has 0 aliphatic heterocycles. The zero-order valence-electron chi connectivity index (χ0n) is 14.2. The molecule has 0 saturated carbocycles. The average molecular weight is 362 g/mol. The van der Waals surface area contributed by atoms with Gasteiger partial charge in [0.1, 0.15) is 29.5 Å². The molecule has 0 N–H and O–H groups in total. The van der Waals surface area contributed by atoms with Crippen molar-refractivity contribution in [2.45, 2.75) is 25.3 Å². The van der Waals surface area contributed by atoms with Crippen LogP contribution in [0, 0.1) is 6.92 Å². The van der Waals surface area contributed by atoms with E-state index in [1.807, 2.05) is 0 Å². The Hall–Kier alpha value is -2.54. The molecule has 0 spiro atoms. The number of rotatable bonds is 7. The van der Waals surface area contributed by atoms with Crippen LogP contribution < -0.4 is 0 Å². The number of ketones is 1. The van der Waals surface area contributed by atoms with Crippen molar-refractivity contribution >= 4 is 29.5 Å². The maximum absolute atomic E-state index is 12.3. The van der Waals surface area contributed by atoms with Crippen molar-refractivity contribution in [3.8, 4) is 0 Å². The smallest absolute Gasteiger partial charge is 0.341 e. The van der Waals surface area contributed by atoms with Gasteiger partial charge < -0.3 is 13.9 Å². The molecule has 6 nitrogen and oxygen atoms in total. The van der Waals surface area contributed by atoms with Crippen LogP contribution in [0.5, 0.6) is 0 Å². The third kappa shape index (κ3) is 4.96. The van der Waals surface area contributed by atoms with Gasteiger partial charge in [0.05, 0.1) is 18.4 Å². The summed E-state index contributed by atoms with van der Waals surface area (Å²) >= 11 is 1.28. The van der Waals surface area contributed by atoms with Gasteiger partial charge in [-0.2, -0.15) is 0 Å². The Morgan fingerprint density at radius 1 is 1.12 bits per heavy atom. The van der Waals surface area contributed by atoms with Crippen molar-refractivity contribution in [3.63, 3.8) is 0 Å². The minimum absolute atomic E-state index is 0.0228. The van der Waals surface area contributed by atoms with E-state index in [2.05, 4.69) is 4.74 Å². The lowest BCUT2D eigenvalue weighted by Gasteiger charge is -2.08. The first-order valence-electron chi connectivity index (χ1n) is 7.48. The van der Waals surface area contributed by atoms with E-state index in [0.717, 1.165) is 0 Å². The molecule has 0 aliphatic rings. The van der Waals surface area contributed by atoms with Crippen LogP contribution in [0.25, 0.3) is 0 Å². The first kappa shape index (κ1) is 18.8. The lowest BCUT2D eigenvalue weighted by Crippen LogP contribution is -2.07. The Bertz CT molecular complexity index is 793. The standard InChI is InChI=1S/C18H18O6S/c1-11(19)10-25-16-7-5-4-6-14(16)18(21)23-9-13-8-15(12(2)24-13)17(20)22-3/h4-8H,9-10H2,1-3H3. The topological polar surface area (TPSA) is 82.8 Å². The van der Waals surface area contributed by atoms with Gasteiger partial charge in [-0.15, -0.1) is 11.8 Å². The fourth-order valence-corrected chi connectivity index (χ4v) is 2.92. The van der Waals surface area contributed by atoms with Gasteiger partial charge in [0, 0.05) is 4.90 Å². The Morgan fingerprint density at radius 3 is 2.52 bits per heavy atom. The van der Waals surface area contributed by atoms with Crippen LogP contribution in [-0.4, -0.2) is 30.6 Å². The summed E-state index contributed by atoms with van der Waals surface area (Å²) < 4.78 is 15.3. The molecule has 0 aliphatic carbocycles. The second kappa shape index (κ2) is 8.53. The van der Waals surface area contributed by atoms with Crippen LogP contribution in [0.2, 0.25) is 0 Å². The third-order valence-electron chi connectivity index (χ3n) is 3.26. The summed E-state index contributed by atoms with van der Waals surface area (Å²) in [6.45, 7) is 3.01. The SMILES string of the molecule is COC(=O)c1cc(COC(=O)c2ccccc2SCC(C)=O)oc1C. The highest BCUT2D eigenvalue weighted by molar-refractivity contribution is 8.00. The van der Waals surface area contributed by atoms with Crippen molar-refractivity contribution in [3.05, 3.63) is 53.0 Å². The number of hydrogen-bond donors (Lipinski definition) is 0. The predicted octanol–water partition coefficient (Wildman–Crippen LogP) is 3.41. The molecule has 2 rings (SSSR count). The lowest BCUT2D eigenvalue weighted by atomic mass is 10.2.